The van der Waals surface area contributed by atoms with Crippen LogP contribution in [0.25, 0.3) is 0 Å². The van der Waals surface area contributed by atoms with Crippen molar-refractivity contribution >= 4 is 12.1 Å². The van der Waals surface area contributed by atoms with E-state index in [-0.39, 0.29) is 5.91 Å². The van der Waals surface area contributed by atoms with E-state index in [0.717, 1.165) is 12.0 Å². The van der Waals surface area contributed by atoms with Crippen LogP contribution in [0, 0.1) is 6.92 Å². The Morgan fingerprint density at radius 2 is 2.17 bits per heavy atom. The minimum Gasteiger partial charge on any atom is -0.493 e. The van der Waals surface area contributed by atoms with Gasteiger partial charge in [-0.2, -0.15) is 5.10 Å². The van der Waals surface area contributed by atoms with Gasteiger partial charge in [-0.25, -0.2) is 5.43 Å². The monoisotopic (exact) mass is 316 g/mol. The van der Waals surface area contributed by atoms with Crippen molar-refractivity contribution in [2.24, 2.45) is 5.10 Å². The van der Waals surface area contributed by atoms with Crippen LogP contribution in [0.3, 0.4) is 0 Å². The second-order valence-corrected chi connectivity index (χ2v) is 4.85. The molecule has 2 aromatic rings. The van der Waals surface area contributed by atoms with Crippen LogP contribution in [-0.4, -0.2) is 25.8 Å². The lowest BCUT2D eigenvalue weighted by molar-refractivity contribution is 0.0953. The van der Waals surface area contributed by atoms with Crippen LogP contribution < -0.4 is 14.9 Å². The summed E-state index contributed by atoms with van der Waals surface area (Å²) in [5, 5.41) is 3.94. The molecule has 23 heavy (non-hydrogen) atoms. The van der Waals surface area contributed by atoms with Crippen LogP contribution in [0.4, 0.5) is 0 Å². The van der Waals surface area contributed by atoms with E-state index in [1.165, 1.54) is 6.26 Å². The number of ether oxygens (including phenoxy) is 2. The van der Waals surface area contributed by atoms with Crippen molar-refractivity contribution in [3.05, 3.63) is 47.4 Å². The number of carbonyl (C=O) groups excluding carboxylic acids is 1. The molecule has 0 bridgehead atoms. The van der Waals surface area contributed by atoms with E-state index >= 15 is 0 Å². The zero-order valence-electron chi connectivity index (χ0n) is 13.5. The fourth-order valence-corrected chi connectivity index (χ4v) is 1.94. The predicted molar refractivity (Wildman–Crippen MR) is 87.3 cm³/mol. The fourth-order valence-electron chi connectivity index (χ4n) is 1.94. The molecule has 0 saturated heterocycles. The Kier molecular flexibility index (Phi) is 5.80. The van der Waals surface area contributed by atoms with Crippen LogP contribution in [-0.2, 0) is 0 Å². The van der Waals surface area contributed by atoms with Crippen molar-refractivity contribution in [2.45, 2.75) is 20.3 Å². The van der Waals surface area contributed by atoms with Gasteiger partial charge in [-0.05, 0) is 43.2 Å². The third-order valence-electron chi connectivity index (χ3n) is 3.13. The predicted octanol–water partition coefficient (Wildman–Crippen LogP) is 3.15. The number of hydrazone groups is 1. The molecule has 1 aromatic carbocycles. The van der Waals surface area contributed by atoms with Crippen molar-refractivity contribution in [3.63, 3.8) is 0 Å². The van der Waals surface area contributed by atoms with E-state index in [2.05, 4.69) is 10.5 Å². The molecule has 0 atom stereocenters. The quantitative estimate of drug-likeness (QED) is 0.629. The second-order valence-electron chi connectivity index (χ2n) is 4.85. The second kappa shape index (κ2) is 8.03. The smallest absolute Gasteiger partial charge is 0.274 e. The average molecular weight is 316 g/mol. The number of nitrogens with one attached hydrogen (secondary N) is 1. The number of hydrogen-bond donors (Lipinski definition) is 1. The number of benzene rings is 1. The molecule has 1 N–H and O–H groups in total. The molecule has 0 fully saturated rings. The molecular weight excluding hydrogens is 296 g/mol. The first kappa shape index (κ1) is 16.6. The van der Waals surface area contributed by atoms with Crippen LogP contribution in [0.5, 0.6) is 11.5 Å². The molecular formula is C17H20N2O4. The third-order valence-corrected chi connectivity index (χ3v) is 3.13. The third kappa shape index (κ3) is 4.35. The van der Waals surface area contributed by atoms with Crippen LogP contribution in [0.15, 0.2) is 40.0 Å². The van der Waals surface area contributed by atoms with Gasteiger partial charge in [0.05, 0.1) is 31.8 Å². The van der Waals surface area contributed by atoms with Gasteiger partial charge in [0.1, 0.15) is 5.76 Å². The van der Waals surface area contributed by atoms with Crippen molar-refractivity contribution in [1.82, 2.24) is 5.43 Å². The Labute approximate surface area is 135 Å². The fraction of sp³-hybridized carbons (Fsp3) is 0.294. The zero-order valence-corrected chi connectivity index (χ0v) is 13.5. The van der Waals surface area contributed by atoms with Gasteiger partial charge in [0.2, 0.25) is 0 Å². The summed E-state index contributed by atoms with van der Waals surface area (Å²) in [6.07, 6.45) is 3.93. The highest BCUT2D eigenvalue weighted by Gasteiger charge is 2.10. The molecule has 122 valence electrons. The Morgan fingerprint density at radius 1 is 1.35 bits per heavy atom. The Bertz CT molecular complexity index is 692. The summed E-state index contributed by atoms with van der Waals surface area (Å²) in [5.41, 5.74) is 3.71. The number of methoxy groups -OCH3 is 1. The Hall–Kier alpha value is -2.76. The van der Waals surface area contributed by atoms with Gasteiger partial charge in [-0.15, -0.1) is 0 Å². The SMILES string of the molecule is CCCOc1ccc(C=NNC(=O)c2ccoc2C)cc1OC. The molecule has 1 amide bonds. The van der Waals surface area contributed by atoms with Crippen LogP contribution in [0.1, 0.15) is 35.0 Å². The van der Waals surface area contributed by atoms with Gasteiger partial charge in [-0.1, -0.05) is 6.92 Å². The number of aryl methyl sites for hydroxylation is 1. The van der Waals surface area contributed by atoms with E-state index in [1.54, 1.807) is 32.4 Å². The van der Waals surface area contributed by atoms with Gasteiger partial charge in [0.25, 0.3) is 5.91 Å². The molecule has 0 aliphatic heterocycles. The number of furan rings is 1. The summed E-state index contributed by atoms with van der Waals surface area (Å²) < 4.78 is 16.0. The number of hydrogen-bond acceptors (Lipinski definition) is 5. The van der Waals surface area contributed by atoms with Crippen molar-refractivity contribution in [2.75, 3.05) is 13.7 Å². The molecule has 6 heteroatoms. The van der Waals surface area contributed by atoms with Gasteiger partial charge < -0.3 is 13.9 Å². The summed E-state index contributed by atoms with van der Waals surface area (Å²) in [7, 11) is 1.58. The first-order chi connectivity index (χ1) is 11.2. The van der Waals surface area contributed by atoms with Gasteiger partial charge >= 0.3 is 0 Å². The molecule has 0 radical (unpaired) electrons. The highest BCUT2D eigenvalue weighted by Crippen LogP contribution is 2.27. The Morgan fingerprint density at radius 3 is 2.83 bits per heavy atom. The summed E-state index contributed by atoms with van der Waals surface area (Å²) >= 11 is 0. The summed E-state index contributed by atoms with van der Waals surface area (Å²) in [5.74, 6) is 1.54. The highest BCUT2D eigenvalue weighted by atomic mass is 16.5. The van der Waals surface area contributed by atoms with E-state index in [9.17, 15) is 4.79 Å². The molecule has 0 unspecified atom stereocenters. The van der Waals surface area contributed by atoms with Gasteiger partial charge in [0, 0.05) is 0 Å². The van der Waals surface area contributed by atoms with Gasteiger partial charge in [-0.3, -0.25) is 4.79 Å². The van der Waals surface area contributed by atoms with E-state index in [1.807, 2.05) is 19.1 Å². The van der Waals surface area contributed by atoms with E-state index in [0.29, 0.717) is 29.4 Å². The standard InChI is InChI=1S/C17H20N2O4/c1-4-8-23-15-6-5-13(10-16(15)21-3)11-18-19-17(20)14-7-9-22-12(14)2/h5-7,9-11H,4,8H2,1-3H3,(H,19,20). The average Bonchev–Trinajstić information content (AvgIpc) is 2.99. The number of rotatable bonds is 7. The summed E-state index contributed by atoms with van der Waals surface area (Å²) in [6, 6.07) is 7.05. The minimum atomic E-state index is -0.317. The molecule has 0 aliphatic rings. The lowest BCUT2D eigenvalue weighted by Crippen LogP contribution is -2.17. The molecule has 6 nitrogen and oxygen atoms in total. The first-order valence-electron chi connectivity index (χ1n) is 7.34. The number of amides is 1. The van der Waals surface area contributed by atoms with Crippen LogP contribution in [0.2, 0.25) is 0 Å². The molecule has 1 aromatic heterocycles. The zero-order chi connectivity index (χ0) is 16.7. The van der Waals surface area contributed by atoms with Crippen molar-refractivity contribution in [3.8, 4) is 11.5 Å². The summed E-state index contributed by atoms with van der Waals surface area (Å²) in [4.78, 5) is 11.9. The topological polar surface area (TPSA) is 73.1 Å². The van der Waals surface area contributed by atoms with Gasteiger partial charge in [0.15, 0.2) is 11.5 Å². The molecule has 1 heterocycles. The maximum Gasteiger partial charge on any atom is 0.274 e. The highest BCUT2D eigenvalue weighted by molar-refractivity contribution is 5.95. The lowest BCUT2D eigenvalue weighted by Gasteiger charge is -2.10. The molecule has 0 saturated carbocycles. The largest absolute Gasteiger partial charge is 0.493 e. The molecule has 0 spiro atoms. The van der Waals surface area contributed by atoms with Crippen molar-refractivity contribution in [1.29, 1.82) is 0 Å². The first-order valence-corrected chi connectivity index (χ1v) is 7.34. The number of nitrogens with zero attached hydrogens (tertiary/aromatic N) is 1. The maximum atomic E-state index is 11.9. The van der Waals surface area contributed by atoms with E-state index < -0.39 is 0 Å². The summed E-state index contributed by atoms with van der Waals surface area (Å²) in [6.45, 7) is 4.39. The minimum absolute atomic E-state index is 0.317. The number of carbonyl (C=O) groups is 1. The van der Waals surface area contributed by atoms with Crippen LogP contribution >= 0.6 is 0 Å². The molecule has 0 aliphatic carbocycles. The lowest BCUT2D eigenvalue weighted by atomic mass is 10.2. The van der Waals surface area contributed by atoms with Crippen molar-refractivity contribution < 1.29 is 18.7 Å². The maximum absolute atomic E-state index is 11.9. The molecule has 2 rings (SSSR count). The van der Waals surface area contributed by atoms with E-state index in [4.69, 9.17) is 13.9 Å². The normalized spacial score (nSPS) is 10.7. The Balaban J connectivity index is 2.02.